The Morgan fingerprint density at radius 1 is 0.786 bits per heavy atom. The largest absolute Gasteiger partial charge is 0.0654 e. The summed E-state index contributed by atoms with van der Waals surface area (Å²) in [6.07, 6.45) is 11.7. The first kappa shape index (κ1) is 12.1. The van der Waals surface area contributed by atoms with Crippen LogP contribution in [0.15, 0.2) is 0 Å². The molecule has 0 heterocycles. The van der Waals surface area contributed by atoms with E-state index in [1.165, 1.54) is 44.9 Å². The van der Waals surface area contributed by atoms with Crippen molar-refractivity contribution in [3.05, 3.63) is 0 Å². The highest BCUT2D eigenvalue weighted by molar-refractivity contribution is 4.88. The minimum atomic E-state index is 1.10. The molecule has 3 atom stereocenters. The second kappa shape index (κ2) is 6.48. The molecular formula is C14H28. The molecule has 0 aliphatic heterocycles. The summed E-state index contributed by atoms with van der Waals surface area (Å²) in [5.41, 5.74) is 0. The lowest BCUT2D eigenvalue weighted by atomic mass is 9.60. The average Bonchev–Trinajstić information content (AvgIpc) is 2.19. The van der Waals surface area contributed by atoms with Gasteiger partial charge in [-0.3, -0.25) is 0 Å². The van der Waals surface area contributed by atoms with Crippen LogP contribution in [0.4, 0.5) is 0 Å². The van der Waals surface area contributed by atoms with Gasteiger partial charge in [0.2, 0.25) is 0 Å². The van der Waals surface area contributed by atoms with Crippen LogP contribution >= 0.6 is 0 Å². The topological polar surface area (TPSA) is 0 Å². The number of rotatable bonds is 7. The van der Waals surface area contributed by atoms with Crippen molar-refractivity contribution in [3.63, 3.8) is 0 Å². The smallest absolute Gasteiger partial charge is 0.0357 e. The molecule has 0 nitrogen and oxygen atoms in total. The van der Waals surface area contributed by atoms with E-state index >= 15 is 0 Å². The van der Waals surface area contributed by atoms with Gasteiger partial charge >= 0.3 is 0 Å². The van der Waals surface area contributed by atoms with Crippen LogP contribution in [0.1, 0.15) is 72.1 Å². The van der Waals surface area contributed by atoms with Gasteiger partial charge in [0.25, 0.3) is 0 Å². The zero-order valence-electron chi connectivity index (χ0n) is 10.4. The van der Waals surface area contributed by atoms with Crippen LogP contribution in [0.3, 0.4) is 0 Å². The van der Waals surface area contributed by atoms with Crippen molar-refractivity contribution >= 4 is 0 Å². The van der Waals surface area contributed by atoms with Gasteiger partial charge in [0, 0.05) is 0 Å². The van der Waals surface area contributed by atoms with Crippen molar-refractivity contribution in [3.8, 4) is 0 Å². The summed E-state index contributed by atoms with van der Waals surface area (Å²) in [4.78, 5) is 0. The van der Waals surface area contributed by atoms with Crippen LogP contribution in [0.2, 0.25) is 0 Å². The third kappa shape index (κ3) is 3.00. The molecule has 1 rings (SSSR count). The van der Waals surface area contributed by atoms with E-state index in [0.29, 0.717) is 0 Å². The molecule has 14 heavy (non-hydrogen) atoms. The minimum absolute atomic E-state index is 1.10. The zero-order chi connectivity index (χ0) is 10.4. The highest BCUT2D eigenvalue weighted by Gasteiger charge is 2.38. The van der Waals surface area contributed by atoms with Crippen LogP contribution < -0.4 is 0 Å². The normalized spacial score (nSPS) is 31.5. The zero-order valence-corrected chi connectivity index (χ0v) is 10.4. The molecule has 0 spiro atoms. The van der Waals surface area contributed by atoms with Crippen molar-refractivity contribution in [2.45, 2.75) is 72.1 Å². The van der Waals surface area contributed by atoms with E-state index in [9.17, 15) is 0 Å². The lowest BCUT2D eigenvalue weighted by Gasteiger charge is -2.45. The molecule has 3 unspecified atom stereocenters. The van der Waals surface area contributed by atoms with Gasteiger partial charge in [0.15, 0.2) is 0 Å². The Morgan fingerprint density at radius 2 is 1.43 bits per heavy atom. The van der Waals surface area contributed by atoms with E-state index in [0.717, 1.165) is 17.8 Å². The fourth-order valence-electron chi connectivity index (χ4n) is 3.23. The third-order valence-corrected chi connectivity index (χ3v) is 4.03. The fourth-order valence-corrected chi connectivity index (χ4v) is 3.23. The standard InChI is InChI=1S/C14H28/c1-4-7-10-13-11-12(8-5-2)14(13)9-6-3/h12-14H,4-11H2,1-3H3. The minimum Gasteiger partial charge on any atom is -0.0654 e. The summed E-state index contributed by atoms with van der Waals surface area (Å²) < 4.78 is 0. The molecule has 84 valence electrons. The van der Waals surface area contributed by atoms with Gasteiger partial charge in [-0.05, 0) is 24.2 Å². The maximum atomic E-state index is 2.35. The first-order chi connectivity index (χ1) is 6.83. The quantitative estimate of drug-likeness (QED) is 0.536. The van der Waals surface area contributed by atoms with Crippen LogP contribution in [-0.2, 0) is 0 Å². The molecule has 1 aliphatic carbocycles. The lowest BCUT2D eigenvalue weighted by molar-refractivity contribution is 0.0467. The molecule has 1 fully saturated rings. The maximum absolute atomic E-state index is 2.35. The lowest BCUT2D eigenvalue weighted by Crippen LogP contribution is -2.36. The molecule has 0 N–H and O–H groups in total. The SMILES string of the molecule is CCCCC1CC(CCC)C1CCC. The van der Waals surface area contributed by atoms with Crippen LogP contribution in [0.5, 0.6) is 0 Å². The Bertz CT molecular complexity index is 139. The number of hydrogen-bond acceptors (Lipinski definition) is 0. The van der Waals surface area contributed by atoms with Gasteiger partial charge in [-0.25, -0.2) is 0 Å². The molecule has 0 aromatic carbocycles. The summed E-state index contributed by atoms with van der Waals surface area (Å²) in [6, 6.07) is 0. The van der Waals surface area contributed by atoms with Gasteiger partial charge in [-0.1, -0.05) is 65.7 Å². The first-order valence-electron chi connectivity index (χ1n) is 6.83. The van der Waals surface area contributed by atoms with Crippen molar-refractivity contribution in [2.24, 2.45) is 17.8 Å². The fraction of sp³-hybridized carbons (Fsp3) is 1.00. The maximum Gasteiger partial charge on any atom is -0.0357 e. The van der Waals surface area contributed by atoms with E-state index in [1.54, 1.807) is 6.42 Å². The van der Waals surface area contributed by atoms with Crippen molar-refractivity contribution in [1.29, 1.82) is 0 Å². The Morgan fingerprint density at radius 3 is 2.00 bits per heavy atom. The van der Waals surface area contributed by atoms with Gasteiger partial charge < -0.3 is 0 Å². The summed E-state index contributed by atoms with van der Waals surface area (Å²) in [5, 5.41) is 0. The van der Waals surface area contributed by atoms with Crippen molar-refractivity contribution < 1.29 is 0 Å². The van der Waals surface area contributed by atoms with Gasteiger partial charge in [0.1, 0.15) is 0 Å². The summed E-state index contributed by atoms with van der Waals surface area (Å²) in [5.74, 6) is 3.31. The average molecular weight is 196 g/mol. The molecular weight excluding hydrogens is 168 g/mol. The first-order valence-corrected chi connectivity index (χ1v) is 6.83. The molecule has 1 aliphatic rings. The summed E-state index contributed by atoms with van der Waals surface area (Å²) in [6.45, 7) is 7.00. The van der Waals surface area contributed by atoms with Gasteiger partial charge in [0.05, 0.1) is 0 Å². The molecule has 0 saturated heterocycles. The second-order valence-corrected chi connectivity index (χ2v) is 5.14. The van der Waals surface area contributed by atoms with E-state index in [1.807, 2.05) is 0 Å². The van der Waals surface area contributed by atoms with Crippen LogP contribution in [-0.4, -0.2) is 0 Å². The Hall–Kier alpha value is 0. The van der Waals surface area contributed by atoms with Crippen LogP contribution in [0, 0.1) is 17.8 Å². The summed E-state index contributed by atoms with van der Waals surface area (Å²) in [7, 11) is 0. The second-order valence-electron chi connectivity index (χ2n) is 5.14. The summed E-state index contributed by atoms with van der Waals surface area (Å²) >= 11 is 0. The molecule has 0 radical (unpaired) electrons. The Kier molecular flexibility index (Phi) is 5.59. The third-order valence-electron chi connectivity index (χ3n) is 4.03. The number of unbranched alkanes of at least 4 members (excludes halogenated alkanes) is 1. The molecule has 1 saturated carbocycles. The van der Waals surface area contributed by atoms with E-state index in [4.69, 9.17) is 0 Å². The van der Waals surface area contributed by atoms with Crippen LogP contribution in [0.25, 0.3) is 0 Å². The van der Waals surface area contributed by atoms with Gasteiger partial charge in [-0.2, -0.15) is 0 Å². The molecule has 0 aromatic rings. The van der Waals surface area contributed by atoms with Crippen molar-refractivity contribution in [1.82, 2.24) is 0 Å². The van der Waals surface area contributed by atoms with Gasteiger partial charge in [-0.15, -0.1) is 0 Å². The van der Waals surface area contributed by atoms with E-state index in [-0.39, 0.29) is 0 Å². The molecule has 0 heteroatoms. The highest BCUT2D eigenvalue weighted by atomic mass is 14.4. The van der Waals surface area contributed by atoms with E-state index < -0.39 is 0 Å². The predicted octanol–water partition coefficient (Wildman–Crippen LogP) is 5.03. The Labute approximate surface area is 90.5 Å². The van der Waals surface area contributed by atoms with Crippen molar-refractivity contribution in [2.75, 3.05) is 0 Å². The molecule has 0 aromatic heterocycles. The molecule has 0 amide bonds. The Balaban J connectivity index is 2.25. The van der Waals surface area contributed by atoms with E-state index in [2.05, 4.69) is 20.8 Å². The monoisotopic (exact) mass is 196 g/mol. The predicted molar refractivity (Wildman–Crippen MR) is 64.4 cm³/mol. The molecule has 0 bridgehead atoms. The highest BCUT2D eigenvalue weighted by Crippen LogP contribution is 2.47. The number of hydrogen-bond donors (Lipinski definition) is 0.